The van der Waals surface area contributed by atoms with Crippen molar-refractivity contribution in [3.05, 3.63) is 35.6 Å². The van der Waals surface area contributed by atoms with Crippen molar-refractivity contribution in [3.8, 4) is 0 Å². The molecule has 0 aliphatic carbocycles. The lowest BCUT2D eigenvalue weighted by atomic mass is 10.1. The van der Waals surface area contributed by atoms with Crippen LogP contribution < -0.4 is 5.32 Å². The van der Waals surface area contributed by atoms with E-state index in [0.717, 1.165) is 31.7 Å². The Bertz CT molecular complexity index is 304. The monoisotopic (exact) mass is 225 g/mol. The van der Waals surface area contributed by atoms with E-state index in [4.69, 9.17) is 4.74 Å². The molecule has 0 aliphatic rings. The molecule has 0 radical (unpaired) electrons. The molecule has 0 saturated heterocycles. The Balaban J connectivity index is 2.27. The molecule has 0 aliphatic heterocycles. The molecule has 1 aromatic carbocycles. The highest BCUT2D eigenvalue weighted by Gasteiger charge is 2.04. The first-order valence-electron chi connectivity index (χ1n) is 5.80. The Morgan fingerprint density at radius 3 is 2.94 bits per heavy atom. The average Bonchev–Trinajstić information content (AvgIpc) is 2.28. The summed E-state index contributed by atoms with van der Waals surface area (Å²) in [4.78, 5) is 0. The molecule has 0 aromatic heterocycles. The summed E-state index contributed by atoms with van der Waals surface area (Å²) >= 11 is 0. The molecule has 1 aromatic rings. The topological polar surface area (TPSA) is 21.3 Å². The molecule has 1 atom stereocenters. The summed E-state index contributed by atoms with van der Waals surface area (Å²) in [6.45, 7) is 6.45. The number of nitrogens with one attached hydrogen (secondary N) is 1. The van der Waals surface area contributed by atoms with Gasteiger partial charge in [0.2, 0.25) is 0 Å². The number of benzene rings is 1. The van der Waals surface area contributed by atoms with Crippen molar-refractivity contribution in [2.75, 3.05) is 19.8 Å². The van der Waals surface area contributed by atoms with Gasteiger partial charge in [0.05, 0.1) is 0 Å². The summed E-state index contributed by atoms with van der Waals surface area (Å²) in [7, 11) is 0. The third-order valence-electron chi connectivity index (χ3n) is 2.47. The van der Waals surface area contributed by atoms with Crippen LogP contribution >= 0.6 is 0 Å². The first kappa shape index (κ1) is 13.1. The normalized spacial score (nSPS) is 12.7. The zero-order valence-electron chi connectivity index (χ0n) is 10.0. The Hall–Kier alpha value is -0.930. The van der Waals surface area contributed by atoms with E-state index < -0.39 is 0 Å². The summed E-state index contributed by atoms with van der Waals surface area (Å²) in [5.41, 5.74) is 0.983. The van der Waals surface area contributed by atoms with Crippen LogP contribution in [0.2, 0.25) is 0 Å². The van der Waals surface area contributed by atoms with Crippen LogP contribution in [0.25, 0.3) is 0 Å². The second kappa shape index (κ2) is 7.36. The van der Waals surface area contributed by atoms with Crippen LogP contribution in [0.5, 0.6) is 0 Å². The average molecular weight is 225 g/mol. The number of hydrogen-bond donors (Lipinski definition) is 1. The fourth-order valence-electron chi connectivity index (χ4n) is 1.53. The standard InChI is InChI=1S/C13H20FNO/c1-3-16-9-5-8-15-11(2)12-6-4-7-13(14)10-12/h4,6-7,10-11,15H,3,5,8-9H2,1-2H3. The summed E-state index contributed by atoms with van der Waals surface area (Å²) in [5.74, 6) is -0.180. The number of rotatable bonds is 7. The molecule has 0 bridgehead atoms. The van der Waals surface area contributed by atoms with Crippen molar-refractivity contribution in [2.24, 2.45) is 0 Å². The van der Waals surface area contributed by atoms with Gasteiger partial charge in [-0.05, 0) is 44.5 Å². The van der Waals surface area contributed by atoms with Gasteiger partial charge in [0.1, 0.15) is 5.82 Å². The molecular formula is C13H20FNO. The van der Waals surface area contributed by atoms with E-state index in [9.17, 15) is 4.39 Å². The Kier molecular flexibility index (Phi) is 6.04. The van der Waals surface area contributed by atoms with E-state index in [0.29, 0.717) is 0 Å². The largest absolute Gasteiger partial charge is 0.382 e. The van der Waals surface area contributed by atoms with Gasteiger partial charge in [-0.25, -0.2) is 4.39 Å². The van der Waals surface area contributed by atoms with Gasteiger partial charge in [-0.2, -0.15) is 0 Å². The highest BCUT2D eigenvalue weighted by atomic mass is 19.1. The summed E-state index contributed by atoms with van der Waals surface area (Å²) < 4.78 is 18.2. The van der Waals surface area contributed by atoms with Gasteiger partial charge in [0, 0.05) is 19.3 Å². The molecule has 16 heavy (non-hydrogen) atoms. The number of ether oxygens (including phenoxy) is 1. The van der Waals surface area contributed by atoms with E-state index in [-0.39, 0.29) is 11.9 Å². The highest BCUT2D eigenvalue weighted by Crippen LogP contribution is 2.12. The highest BCUT2D eigenvalue weighted by molar-refractivity contribution is 5.19. The van der Waals surface area contributed by atoms with Crippen molar-refractivity contribution in [3.63, 3.8) is 0 Å². The van der Waals surface area contributed by atoms with E-state index in [1.165, 1.54) is 6.07 Å². The van der Waals surface area contributed by atoms with Gasteiger partial charge in [0.25, 0.3) is 0 Å². The summed E-state index contributed by atoms with van der Waals surface area (Å²) in [5, 5.41) is 3.34. The maximum atomic E-state index is 13.0. The molecular weight excluding hydrogens is 205 g/mol. The van der Waals surface area contributed by atoms with Crippen molar-refractivity contribution in [2.45, 2.75) is 26.3 Å². The summed E-state index contributed by atoms with van der Waals surface area (Å²) in [6, 6.07) is 6.88. The molecule has 2 nitrogen and oxygen atoms in total. The van der Waals surface area contributed by atoms with Gasteiger partial charge in [-0.3, -0.25) is 0 Å². The van der Waals surface area contributed by atoms with Crippen LogP contribution in [0.3, 0.4) is 0 Å². The van der Waals surface area contributed by atoms with Crippen LogP contribution in [0, 0.1) is 5.82 Å². The quantitative estimate of drug-likeness (QED) is 0.720. The molecule has 1 unspecified atom stereocenters. The van der Waals surface area contributed by atoms with Crippen molar-refractivity contribution in [1.82, 2.24) is 5.32 Å². The lowest BCUT2D eigenvalue weighted by Crippen LogP contribution is -2.21. The smallest absolute Gasteiger partial charge is 0.123 e. The third kappa shape index (κ3) is 4.73. The Morgan fingerprint density at radius 2 is 2.25 bits per heavy atom. The molecule has 0 fully saturated rings. The maximum Gasteiger partial charge on any atom is 0.123 e. The predicted octanol–water partition coefficient (Wildman–Crippen LogP) is 2.90. The van der Waals surface area contributed by atoms with E-state index in [1.54, 1.807) is 12.1 Å². The van der Waals surface area contributed by atoms with Crippen molar-refractivity contribution >= 4 is 0 Å². The van der Waals surface area contributed by atoms with Crippen molar-refractivity contribution in [1.29, 1.82) is 0 Å². The molecule has 1 N–H and O–H groups in total. The van der Waals surface area contributed by atoms with Crippen LogP contribution in [0.4, 0.5) is 4.39 Å². The fraction of sp³-hybridized carbons (Fsp3) is 0.538. The first-order valence-corrected chi connectivity index (χ1v) is 5.80. The maximum absolute atomic E-state index is 13.0. The molecule has 0 spiro atoms. The first-order chi connectivity index (χ1) is 7.74. The minimum Gasteiger partial charge on any atom is -0.382 e. The zero-order valence-corrected chi connectivity index (χ0v) is 10.0. The second-order valence-corrected chi connectivity index (χ2v) is 3.78. The number of hydrogen-bond acceptors (Lipinski definition) is 2. The summed E-state index contributed by atoms with van der Waals surface area (Å²) in [6.07, 6.45) is 0.980. The van der Waals surface area contributed by atoms with E-state index >= 15 is 0 Å². The van der Waals surface area contributed by atoms with Crippen LogP contribution in [-0.4, -0.2) is 19.8 Å². The van der Waals surface area contributed by atoms with Gasteiger partial charge >= 0.3 is 0 Å². The van der Waals surface area contributed by atoms with Crippen LogP contribution in [0.15, 0.2) is 24.3 Å². The minimum atomic E-state index is -0.180. The predicted molar refractivity (Wildman–Crippen MR) is 63.9 cm³/mol. The van der Waals surface area contributed by atoms with E-state index in [1.807, 2.05) is 19.9 Å². The second-order valence-electron chi connectivity index (χ2n) is 3.78. The zero-order chi connectivity index (χ0) is 11.8. The lowest BCUT2D eigenvalue weighted by Gasteiger charge is -2.14. The van der Waals surface area contributed by atoms with Crippen LogP contribution in [0.1, 0.15) is 31.9 Å². The van der Waals surface area contributed by atoms with Crippen LogP contribution in [-0.2, 0) is 4.74 Å². The SMILES string of the molecule is CCOCCCNC(C)c1cccc(F)c1. The van der Waals surface area contributed by atoms with Crippen molar-refractivity contribution < 1.29 is 9.13 Å². The molecule has 3 heteroatoms. The molecule has 0 amide bonds. The number of halogens is 1. The fourth-order valence-corrected chi connectivity index (χ4v) is 1.53. The third-order valence-corrected chi connectivity index (χ3v) is 2.47. The molecule has 1 rings (SSSR count). The molecule has 0 heterocycles. The van der Waals surface area contributed by atoms with E-state index in [2.05, 4.69) is 5.32 Å². The van der Waals surface area contributed by atoms with Gasteiger partial charge in [-0.15, -0.1) is 0 Å². The van der Waals surface area contributed by atoms with Gasteiger partial charge in [-0.1, -0.05) is 12.1 Å². The Morgan fingerprint density at radius 1 is 1.44 bits per heavy atom. The lowest BCUT2D eigenvalue weighted by molar-refractivity contribution is 0.144. The van der Waals surface area contributed by atoms with Gasteiger partial charge in [0.15, 0.2) is 0 Å². The van der Waals surface area contributed by atoms with Gasteiger partial charge < -0.3 is 10.1 Å². The molecule has 0 saturated carbocycles. The minimum absolute atomic E-state index is 0.178. The molecule has 90 valence electrons. The Labute approximate surface area is 96.8 Å².